The largest absolute Gasteiger partial charge is 0.494 e. The molecule has 0 N–H and O–H groups in total. The SMILES string of the molecule is CC1(C)OB(c2cccc(OCc3ccccc3F)c2)OC1(C)C. The minimum absolute atomic E-state index is 0.180. The molecular formula is C19H22BFO3. The Balaban J connectivity index is 1.72. The van der Waals surface area contributed by atoms with Gasteiger partial charge in [0.1, 0.15) is 18.2 Å². The Morgan fingerprint density at radius 1 is 0.958 bits per heavy atom. The Morgan fingerprint density at radius 2 is 1.62 bits per heavy atom. The van der Waals surface area contributed by atoms with Crippen LogP contribution in [-0.4, -0.2) is 18.3 Å². The van der Waals surface area contributed by atoms with Gasteiger partial charge in [-0.2, -0.15) is 0 Å². The van der Waals surface area contributed by atoms with Crippen molar-refractivity contribution >= 4 is 12.6 Å². The van der Waals surface area contributed by atoms with Crippen molar-refractivity contribution in [1.82, 2.24) is 0 Å². The van der Waals surface area contributed by atoms with Crippen molar-refractivity contribution in [2.45, 2.75) is 45.5 Å². The molecule has 0 aliphatic carbocycles. The summed E-state index contributed by atoms with van der Waals surface area (Å²) >= 11 is 0. The highest BCUT2D eigenvalue weighted by Gasteiger charge is 2.51. The monoisotopic (exact) mass is 328 g/mol. The Labute approximate surface area is 142 Å². The van der Waals surface area contributed by atoms with Crippen LogP contribution in [0, 0.1) is 5.82 Å². The van der Waals surface area contributed by atoms with Crippen molar-refractivity contribution in [3.63, 3.8) is 0 Å². The van der Waals surface area contributed by atoms with Crippen LogP contribution in [0.15, 0.2) is 48.5 Å². The summed E-state index contributed by atoms with van der Waals surface area (Å²) in [5.41, 5.74) is 0.641. The van der Waals surface area contributed by atoms with E-state index in [-0.39, 0.29) is 23.6 Å². The highest BCUT2D eigenvalue weighted by molar-refractivity contribution is 6.62. The molecule has 0 spiro atoms. The van der Waals surface area contributed by atoms with Crippen LogP contribution in [0.25, 0.3) is 0 Å². The Bertz CT molecular complexity index is 714. The number of halogens is 1. The topological polar surface area (TPSA) is 27.7 Å². The molecule has 5 heteroatoms. The summed E-state index contributed by atoms with van der Waals surface area (Å²) in [7, 11) is -0.438. The fourth-order valence-corrected chi connectivity index (χ4v) is 2.51. The Morgan fingerprint density at radius 3 is 2.29 bits per heavy atom. The highest BCUT2D eigenvalue weighted by atomic mass is 19.1. The fraction of sp³-hybridized carbons (Fsp3) is 0.368. The van der Waals surface area contributed by atoms with Crippen molar-refractivity contribution in [3.05, 3.63) is 59.9 Å². The molecule has 0 amide bonds. The average molecular weight is 328 g/mol. The van der Waals surface area contributed by atoms with Gasteiger partial charge < -0.3 is 14.0 Å². The second-order valence-electron chi connectivity index (χ2n) is 7.04. The molecule has 0 bridgehead atoms. The minimum Gasteiger partial charge on any atom is -0.489 e. The van der Waals surface area contributed by atoms with E-state index >= 15 is 0 Å². The molecule has 0 unspecified atom stereocenters. The van der Waals surface area contributed by atoms with Gasteiger partial charge in [0.15, 0.2) is 0 Å². The summed E-state index contributed by atoms with van der Waals surface area (Å²) in [5, 5.41) is 0. The number of benzene rings is 2. The average Bonchev–Trinajstić information content (AvgIpc) is 2.75. The van der Waals surface area contributed by atoms with Crippen LogP contribution in [0.1, 0.15) is 33.3 Å². The summed E-state index contributed by atoms with van der Waals surface area (Å²) < 4.78 is 31.5. The second-order valence-corrected chi connectivity index (χ2v) is 7.04. The van der Waals surface area contributed by atoms with Gasteiger partial charge in [0, 0.05) is 5.56 Å². The Hall–Kier alpha value is -1.85. The maximum Gasteiger partial charge on any atom is 0.494 e. The van der Waals surface area contributed by atoms with Crippen molar-refractivity contribution in [3.8, 4) is 5.75 Å². The first kappa shape index (κ1) is 17.0. The molecule has 1 heterocycles. The first-order chi connectivity index (χ1) is 11.3. The van der Waals surface area contributed by atoms with Crippen LogP contribution in [-0.2, 0) is 15.9 Å². The molecule has 3 rings (SSSR count). The molecule has 0 radical (unpaired) electrons. The van der Waals surface area contributed by atoms with Crippen LogP contribution in [0.5, 0.6) is 5.75 Å². The first-order valence-corrected chi connectivity index (χ1v) is 8.10. The van der Waals surface area contributed by atoms with Gasteiger partial charge in [-0.05, 0) is 51.4 Å². The van der Waals surface area contributed by atoms with Gasteiger partial charge in [-0.25, -0.2) is 4.39 Å². The number of hydrogen-bond donors (Lipinski definition) is 0. The summed E-state index contributed by atoms with van der Waals surface area (Å²) in [6.07, 6.45) is 0. The number of rotatable bonds is 4. The van der Waals surface area contributed by atoms with Gasteiger partial charge in [0.25, 0.3) is 0 Å². The maximum absolute atomic E-state index is 13.7. The fourth-order valence-electron chi connectivity index (χ4n) is 2.51. The molecule has 2 aromatic rings. The van der Waals surface area contributed by atoms with Crippen LogP contribution >= 0.6 is 0 Å². The molecule has 2 aromatic carbocycles. The van der Waals surface area contributed by atoms with Gasteiger partial charge in [-0.15, -0.1) is 0 Å². The third kappa shape index (κ3) is 3.33. The van der Waals surface area contributed by atoms with E-state index in [2.05, 4.69) is 0 Å². The molecule has 1 aliphatic heterocycles. The summed E-state index contributed by atoms with van der Waals surface area (Å²) in [4.78, 5) is 0. The standard InChI is InChI=1S/C19H22BFO3/c1-18(2)19(3,4)24-20(23-18)15-9-7-10-16(12-15)22-13-14-8-5-6-11-17(14)21/h5-12H,13H2,1-4H3. The number of hydrogen-bond acceptors (Lipinski definition) is 3. The highest BCUT2D eigenvalue weighted by Crippen LogP contribution is 2.36. The molecule has 3 nitrogen and oxygen atoms in total. The zero-order valence-electron chi connectivity index (χ0n) is 14.5. The lowest BCUT2D eigenvalue weighted by Crippen LogP contribution is -2.41. The van der Waals surface area contributed by atoms with Gasteiger partial charge in [0.2, 0.25) is 0 Å². The molecule has 1 fully saturated rings. The lowest BCUT2D eigenvalue weighted by molar-refractivity contribution is 0.00578. The number of ether oxygens (including phenoxy) is 1. The Kier molecular flexibility index (Phi) is 4.41. The van der Waals surface area contributed by atoms with E-state index in [4.69, 9.17) is 14.0 Å². The smallest absolute Gasteiger partial charge is 0.489 e. The normalized spacial score (nSPS) is 18.6. The molecular weight excluding hydrogens is 306 g/mol. The molecule has 126 valence electrons. The van der Waals surface area contributed by atoms with E-state index in [1.807, 2.05) is 52.0 Å². The lowest BCUT2D eigenvalue weighted by Gasteiger charge is -2.32. The van der Waals surface area contributed by atoms with Crippen molar-refractivity contribution < 1.29 is 18.4 Å². The van der Waals surface area contributed by atoms with Crippen LogP contribution in [0.3, 0.4) is 0 Å². The maximum atomic E-state index is 13.7. The van der Waals surface area contributed by atoms with E-state index in [1.54, 1.807) is 18.2 Å². The van der Waals surface area contributed by atoms with E-state index in [0.29, 0.717) is 11.3 Å². The van der Waals surface area contributed by atoms with Gasteiger partial charge in [-0.1, -0.05) is 30.3 Å². The third-order valence-corrected chi connectivity index (χ3v) is 4.74. The summed E-state index contributed by atoms with van der Waals surface area (Å²) in [6.45, 7) is 8.26. The van der Waals surface area contributed by atoms with Gasteiger partial charge in [-0.3, -0.25) is 0 Å². The van der Waals surface area contributed by atoms with Crippen molar-refractivity contribution in [2.24, 2.45) is 0 Å². The van der Waals surface area contributed by atoms with E-state index < -0.39 is 7.12 Å². The van der Waals surface area contributed by atoms with E-state index in [9.17, 15) is 4.39 Å². The lowest BCUT2D eigenvalue weighted by atomic mass is 9.79. The van der Waals surface area contributed by atoms with E-state index in [1.165, 1.54) is 6.07 Å². The first-order valence-electron chi connectivity index (χ1n) is 8.10. The van der Waals surface area contributed by atoms with Crippen LogP contribution in [0.2, 0.25) is 0 Å². The van der Waals surface area contributed by atoms with Gasteiger partial charge in [0.05, 0.1) is 11.2 Å². The summed E-state index contributed by atoms with van der Waals surface area (Å²) in [6, 6.07) is 14.2. The molecule has 0 saturated carbocycles. The third-order valence-electron chi connectivity index (χ3n) is 4.74. The quantitative estimate of drug-likeness (QED) is 0.801. The molecule has 0 aromatic heterocycles. The van der Waals surface area contributed by atoms with Crippen LogP contribution < -0.4 is 10.2 Å². The predicted molar refractivity (Wildman–Crippen MR) is 92.9 cm³/mol. The second kappa shape index (κ2) is 6.23. The zero-order chi connectivity index (χ0) is 17.4. The predicted octanol–water partition coefficient (Wildman–Crippen LogP) is 3.70. The van der Waals surface area contributed by atoms with Crippen molar-refractivity contribution in [2.75, 3.05) is 0 Å². The zero-order valence-corrected chi connectivity index (χ0v) is 14.5. The molecule has 24 heavy (non-hydrogen) atoms. The van der Waals surface area contributed by atoms with E-state index in [0.717, 1.165) is 5.46 Å². The molecule has 1 saturated heterocycles. The minimum atomic E-state index is -0.438. The van der Waals surface area contributed by atoms with Gasteiger partial charge >= 0.3 is 7.12 Å². The summed E-state index contributed by atoms with van der Waals surface area (Å²) in [5.74, 6) is 0.394. The molecule has 1 aliphatic rings. The van der Waals surface area contributed by atoms with Crippen molar-refractivity contribution in [1.29, 1.82) is 0 Å². The van der Waals surface area contributed by atoms with Crippen LogP contribution in [0.4, 0.5) is 4.39 Å². The molecule has 0 atom stereocenters.